The minimum absolute atomic E-state index is 0.275. The lowest BCUT2D eigenvalue weighted by atomic mass is 10.1. The van der Waals surface area contributed by atoms with Gasteiger partial charge in [-0.1, -0.05) is 6.07 Å². The SMILES string of the molecule is Cc1ccc(N)cc1C(=O)Nc1ccc(F)c(Br)c1. The number of carbonyl (C=O) groups is 1. The lowest BCUT2D eigenvalue weighted by molar-refractivity contribution is 0.102. The van der Waals surface area contributed by atoms with Gasteiger partial charge in [-0.3, -0.25) is 4.79 Å². The lowest BCUT2D eigenvalue weighted by Crippen LogP contribution is -2.13. The average Bonchev–Trinajstić information content (AvgIpc) is 2.36. The standard InChI is InChI=1S/C14H12BrFN2O/c1-8-2-3-9(17)6-11(8)14(19)18-10-4-5-13(16)12(15)7-10/h2-7H,17H2,1H3,(H,18,19). The van der Waals surface area contributed by atoms with Crippen molar-refractivity contribution in [1.82, 2.24) is 0 Å². The molecule has 0 unspecified atom stereocenters. The van der Waals surface area contributed by atoms with E-state index < -0.39 is 0 Å². The fourth-order valence-corrected chi connectivity index (χ4v) is 2.04. The van der Waals surface area contributed by atoms with Crippen molar-refractivity contribution < 1.29 is 9.18 Å². The fourth-order valence-electron chi connectivity index (χ4n) is 1.66. The van der Waals surface area contributed by atoms with Gasteiger partial charge in [0, 0.05) is 16.9 Å². The van der Waals surface area contributed by atoms with Gasteiger partial charge in [-0.25, -0.2) is 4.39 Å². The number of hydrogen-bond acceptors (Lipinski definition) is 2. The quantitative estimate of drug-likeness (QED) is 0.828. The van der Waals surface area contributed by atoms with Crippen LogP contribution in [0.2, 0.25) is 0 Å². The molecule has 2 aromatic rings. The lowest BCUT2D eigenvalue weighted by Gasteiger charge is -2.09. The van der Waals surface area contributed by atoms with Gasteiger partial charge in [0.1, 0.15) is 5.82 Å². The number of nitrogens with one attached hydrogen (secondary N) is 1. The largest absolute Gasteiger partial charge is 0.399 e. The first-order valence-corrected chi connectivity index (χ1v) is 6.39. The molecule has 0 heterocycles. The van der Waals surface area contributed by atoms with Crippen LogP contribution in [0, 0.1) is 12.7 Å². The molecule has 3 nitrogen and oxygen atoms in total. The van der Waals surface area contributed by atoms with E-state index in [1.807, 2.05) is 6.92 Å². The summed E-state index contributed by atoms with van der Waals surface area (Å²) < 4.78 is 13.4. The zero-order valence-electron chi connectivity index (χ0n) is 10.2. The van der Waals surface area contributed by atoms with Gasteiger partial charge in [-0.2, -0.15) is 0 Å². The molecule has 98 valence electrons. The minimum atomic E-state index is -0.377. The summed E-state index contributed by atoms with van der Waals surface area (Å²) in [5, 5.41) is 2.70. The third-order valence-corrected chi connectivity index (χ3v) is 3.29. The second-order valence-electron chi connectivity index (χ2n) is 4.16. The smallest absolute Gasteiger partial charge is 0.256 e. The number of rotatable bonds is 2. The Hall–Kier alpha value is -1.88. The van der Waals surface area contributed by atoms with Crippen molar-refractivity contribution in [2.75, 3.05) is 11.1 Å². The monoisotopic (exact) mass is 322 g/mol. The predicted octanol–water partition coefficient (Wildman–Crippen LogP) is 3.73. The number of nitrogen functional groups attached to an aromatic ring is 1. The maximum Gasteiger partial charge on any atom is 0.256 e. The molecule has 0 aliphatic carbocycles. The summed E-state index contributed by atoms with van der Waals surface area (Å²) in [5.74, 6) is -0.651. The van der Waals surface area contributed by atoms with Gasteiger partial charge in [0.15, 0.2) is 0 Å². The minimum Gasteiger partial charge on any atom is -0.399 e. The molecule has 1 amide bonds. The number of halogens is 2. The van der Waals surface area contributed by atoms with E-state index in [0.717, 1.165) is 5.56 Å². The Labute approximate surface area is 118 Å². The van der Waals surface area contributed by atoms with E-state index in [9.17, 15) is 9.18 Å². The summed E-state index contributed by atoms with van der Waals surface area (Å²) in [7, 11) is 0. The molecule has 5 heteroatoms. The Morgan fingerprint density at radius 1 is 1.26 bits per heavy atom. The number of aryl methyl sites for hydroxylation is 1. The number of nitrogens with two attached hydrogens (primary N) is 1. The van der Waals surface area contributed by atoms with Crippen molar-refractivity contribution in [3.8, 4) is 0 Å². The molecule has 0 fully saturated rings. The van der Waals surface area contributed by atoms with Crippen LogP contribution >= 0.6 is 15.9 Å². The normalized spacial score (nSPS) is 10.3. The van der Waals surface area contributed by atoms with Gasteiger partial charge in [0.2, 0.25) is 0 Å². The van der Waals surface area contributed by atoms with Gasteiger partial charge in [0.05, 0.1) is 4.47 Å². The van der Waals surface area contributed by atoms with Crippen molar-refractivity contribution in [2.45, 2.75) is 6.92 Å². The second-order valence-corrected chi connectivity index (χ2v) is 5.01. The molecule has 0 radical (unpaired) electrons. The summed E-state index contributed by atoms with van der Waals surface area (Å²) >= 11 is 3.07. The summed E-state index contributed by atoms with van der Waals surface area (Å²) in [5.41, 5.74) is 8.03. The molecule has 0 saturated carbocycles. The van der Waals surface area contributed by atoms with E-state index in [0.29, 0.717) is 21.4 Å². The highest BCUT2D eigenvalue weighted by Crippen LogP contribution is 2.21. The van der Waals surface area contributed by atoms with Crippen molar-refractivity contribution in [1.29, 1.82) is 0 Å². The van der Waals surface area contributed by atoms with Gasteiger partial charge in [-0.15, -0.1) is 0 Å². The molecule has 0 spiro atoms. The molecule has 0 atom stereocenters. The Balaban J connectivity index is 2.25. The van der Waals surface area contributed by atoms with Crippen molar-refractivity contribution in [3.05, 3.63) is 57.8 Å². The van der Waals surface area contributed by atoms with Crippen LogP contribution in [-0.2, 0) is 0 Å². The van der Waals surface area contributed by atoms with Crippen LogP contribution in [0.15, 0.2) is 40.9 Å². The van der Waals surface area contributed by atoms with Crippen LogP contribution in [0.25, 0.3) is 0 Å². The highest BCUT2D eigenvalue weighted by Gasteiger charge is 2.10. The molecule has 0 aromatic heterocycles. The van der Waals surface area contributed by atoms with Crippen LogP contribution < -0.4 is 11.1 Å². The van der Waals surface area contributed by atoms with Gasteiger partial charge in [-0.05, 0) is 58.7 Å². The molecular formula is C14H12BrFN2O. The Morgan fingerprint density at radius 2 is 2.00 bits per heavy atom. The topological polar surface area (TPSA) is 55.1 Å². The molecule has 0 aliphatic heterocycles. The number of anilines is 2. The Morgan fingerprint density at radius 3 is 2.68 bits per heavy atom. The fraction of sp³-hybridized carbons (Fsp3) is 0.0714. The summed E-state index contributed by atoms with van der Waals surface area (Å²) in [4.78, 5) is 12.1. The molecule has 0 bridgehead atoms. The van der Waals surface area contributed by atoms with Gasteiger partial charge >= 0.3 is 0 Å². The van der Waals surface area contributed by atoms with E-state index in [1.165, 1.54) is 18.2 Å². The summed E-state index contributed by atoms with van der Waals surface area (Å²) in [6.07, 6.45) is 0. The Kier molecular flexibility index (Phi) is 3.85. The molecule has 2 rings (SSSR count). The summed E-state index contributed by atoms with van der Waals surface area (Å²) in [6, 6.07) is 9.43. The Bertz CT molecular complexity index is 643. The van der Waals surface area contributed by atoms with Gasteiger partial charge < -0.3 is 11.1 Å². The van der Waals surface area contributed by atoms with E-state index in [2.05, 4.69) is 21.2 Å². The maximum atomic E-state index is 13.1. The molecule has 0 saturated heterocycles. The van der Waals surface area contributed by atoms with Crippen molar-refractivity contribution in [3.63, 3.8) is 0 Å². The maximum absolute atomic E-state index is 13.1. The second kappa shape index (κ2) is 5.40. The van der Waals surface area contributed by atoms with E-state index in [-0.39, 0.29) is 11.7 Å². The van der Waals surface area contributed by atoms with Crippen molar-refractivity contribution >= 4 is 33.2 Å². The predicted molar refractivity (Wildman–Crippen MR) is 77.6 cm³/mol. The van der Waals surface area contributed by atoms with Crippen LogP contribution in [0.4, 0.5) is 15.8 Å². The first-order valence-electron chi connectivity index (χ1n) is 5.60. The third kappa shape index (κ3) is 3.12. The molecule has 3 N–H and O–H groups in total. The molecule has 2 aromatic carbocycles. The van der Waals surface area contributed by atoms with E-state index >= 15 is 0 Å². The van der Waals surface area contributed by atoms with Crippen molar-refractivity contribution in [2.24, 2.45) is 0 Å². The third-order valence-electron chi connectivity index (χ3n) is 2.68. The van der Waals surface area contributed by atoms with Crippen LogP contribution in [0.1, 0.15) is 15.9 Å². The molecule has 0 aliphatic rings. The average molecular weight is 323 g/mol. The number of benzene rings is 2. The number of amides is 1. The first kappa shape index (κ1) is 13.5. The highest BCUT2D eigenvalue weighted by molar-refractivity contribution is 9.10. The zero-order chi connectivity index (χ0) is 14.0. The number of carbonyl (C=O) groups excluding carboxylic acids is 1. The van der Waals surface area contributed by atoms with Crippen LogP contribution in [-0.4, -0.2) is 5.91 Å². The van der Waals surface area contributed by atoms with E-state index in [1.54, 1.807) is 18.2 Å². The number of hydrogen-bond donors (Lipinski definition) is 2. The molecular weight excluding hydrogens is 311 g/mol. The van der Waals surface area contributed by atoms with Crippen LogP contribution in [0.5, 0.6) is 0 Å². The molecule has 19 heavy (non-hydrogen) atoms. The summed E-state index contributed by atoms with van der Waals surface area (Å²) in [6.45, 7) is 1.83. The zero-order valence-corrected chi connectivity index (χ0v) is 11.8. The van der Waals surface area contributed by atoms with E-state index in [4.69, 9.17) is 5.73 Å². The first-order chi connectivity index (χ1) is 8.97. The highest BCUT2D eigenvalue weighted by atomic mass is 79.9. The van der Waals surface area contributed by atoms with Gasteiger partial charge in [0.25, 0.3) is 5.91 Å². The van der Waals surface area contributed by atoms with Crippen LogP contribution in [0.3, 0.4) is 0 Å².